The minimum atomic E-state index is 0.675. The molecule has 0 saturated heterocycles. The smallest absolute Gasteiger partial charge is 0.00179 e. The fourth-order valence-electron chi connectivity index (χ4n) is 1.93. The molecule has 68 valence electrons. The molecule has 0 spiro atoms. The molecule has 0 heterocycles. The summed E-state index contributed by atoms with van der Waals surface area (Å²) in [6.07, 6.45) is 17.3. The molecule has 13 heavy (non-hydrogen) atoms. The van der Waals surface area contributed by atoms with Crippen molar-refractivity contribution in [3.63, 3.8) is 0 Å². The SMILES string of the molecule is CC1=CCC(C2=CC=CCC2)C=C1. The van der Waals surface area contributed by atoms with Gasteiger partial charge in [0.05, 0.1) is 0 Å². The zero-order chi connectivity index (χ0) is 9.10. The third kappa shape index (κ3) is 2.00. The van der Waals surface area contributed by atoms with E-state index in [0.29, 0.717) is 5.92 Å². The van der Waals surface area contributed by atoms with Crippen molar-refractivity contribution in [2.45, 2.75) is 26.2 Å². The Morgan fingerprint density at radius 1 is 1.38 bits per heavy atom. The zero-order valence-corrected chi connectivity index (χ0v) is 8.16. The zero-order valence-electron chi connectivity index (χ0n) is 8.16. The summed E-state index contributed by atoms with van der Waals surface area (Å²) in [5.74, 6) is 0.675. The highest BCUT2D eigenvalue weighted by Crippen LogP contribution is 2.28. The van der Waals surface area contributed by atoms with Crippen LogP contribution in [-0.4, -0.2) is 0 Å². The van der Waals surface area contributed by atoms with Crippen molar-refractivity contribution in [1.29, 1.82) is 0 Å². The molecule has 0 aromatic carbocycles. The molecule has 0 heteroatoms. The molecule has 0 radical (unpaired) electrons. The molecule has 0 amide bonds. The Balaban J connectivity index is 2.07. The molecule has 0 nitrogen and oxygen atoms in total. The Kier molecular flexibility index (Phi) is 2.49. The molecule has 0 aromatic rings. The second-order valence-electron chi connectivity index (χ2n) is 3.86. The van der Waals surface area contributed by atoms with E-state index < -0.39 is 0 Å². The van der Waals surface area contributed by atoms with Gasteiger partial charge in [0.2, 0.25) is 0 Å². The molecule has 0 N–H and O–H groups in total. The van der Waals surface area contributed by atoms with Gasteiger partial charge in [-0.05, 0) is 26.2 Å². The summed E-state index contributed by atoms with van der Waals surface area (Å²) in [5.41, 5.74) is 3.01. The summed E-state index contributed by atoms with van der Waals surface area (Å²) >= 11 is 0. The molecule has 0 aromatic heterocycles. The molecule has 1 atom stereocenters. The molecule has 0 fully saturated rings. The molecule has 2 aliphatic carbocycles. The molecular formula is C13H16. The van der Waals surface area contributed by atoms with Gasteiger partial charge in [0.1, 0.15) is 0 Å². The van der Waals surface area contributed by atoms with Crippen LogP contribution in [0.15, 0.2) is 47.6 Å². The molecule has 1 unspecified atom stereocenters. The van der Waals surface area contributed by atoms with E-state index in [9.17, 15) is 0 Å². The van der Waals surface area contributed by atoms with E-state index in [0.717, 1.165) is 0 Å². The highest BCUT2D eigenvalue weighted by Gasteiger charge is 2.12. The highest BCUT2D eigenvalue weighted by molar-refractivity contribution is 5.30. The van der Waals surface area contributed by atoms with Crippen molar-refractivity contribution >= 4 is 0 Å². The van der Waals surface area contributed by atoms with E-state index >= 15 is 0 Å². The predicted octanol–water partition coefficient (Wildman–Crippen LogP) is 3.79. The fourth-order valence-corrected chi connectivity index (χ4v) is 1.93. The first-order valence-electron chi connectivity index (χ1n) is 5.07. The average molecular weight is 172 g/mol. The molecule has 2 aliphatic rings. The molecule has 0 bridgehead atoms. The lowest BCUT2D eigenvalue weighted by Crippen LogP contribution is -2.04. The third-order valence-electron chi connectivity index (χ3n) is 2.81. The van der Waals surface area contributed by atoms with Crippen LogP contribution in [0.5, 0.6) is 0 Å². The van der Waals surface area contributed by atoms with Crippen molar-refractivity contribution in [3.8, 4) is 0 Å². The predicted molar refractivity (Wildman–Crippen MR) is 57.5 cm³/mol. The van der Waals surface area contributed by atoms with Gasteiger partial charge in [0.15, 0.2) is 0 Å². The van der Waals surface area contributed by atoms with Gasteiger partial charge in [0.25, 0.3) is 0 Å². The van der Waals surface area contributed by atoms with Gasteiger partial charge in [-0.15, -0.1) is 0 Å². The number of hydrogen-bond donors (Lipinski definition) is 0. The third-order valence-corrected chi connectivity index (χ3v) is 2.81. The van der Waals surface area contributed by atoms with E-state index in [4.69, 9.17) is 0 Å². The lowest BCUT2D eigenvalue weighted by Gasteiger charge is -2.19. The summed E-state index contributed by atoms with van der Waals surface area (Å²) in [6, 6.07) is 0. The first kappa shape index (κ1) is 8.55. The van der Waals surface area contributed by atoms with Crippen LogP contribution in [0.25, 0.3) is 0 Å². The Bertz CT molecular complexity index is 300. The molecular weight excluding hydrogens is 156 g/mol. The van der Waals surface area contributed by atoms with Gasteiger partial charge in [-0.2, -0.15) is 0 Å². The maximum Gasteiger partial charge on any atom is 0.00179 e. The Morgan fingerprint density at radius 2 is 2.31 bits per heavy atom. The van der Waals surface area contributed by atoms with E-state index in [1.165, 1.54) is 24.8 Å². The maximum atomic E-state index is 2.35. The fraction of sp³-hybridized carbons (Fsp3) is 0.385. The highest BCUT2D eigenvalue weighted by atomic mass is 14.2. The quantitative estimate of drug-likeness (QED) is 0.564. The van der Waals surface area contributed by atoms with Crippen LogP contribution >= 0.6 is 0 Å². The van der Waals surface area contributed by atoms with Crippen molar-refractivity contribution in [1.82, 2.24) is 0 Å². The Labute approximate surface area is 80.3 Å². The van der Waals surface area contributed by atoms with Gasteiger partial charge < -0.3 is 0 Å². The van der Waals surface area contributed by atoms with Crippen LogP contribution in [0.2, 0.25) is 0 Å². The van der Waals surface area contributed by atoms with Crippen molar-refractivity contribution in [2.24, 2.45) is 5.92 Å². The van der Waals surface area contributed by atoms with E-state index in [1.54, 1.807) is 5.57 Å². The normalized spacial score (nSPS) is 27.0. The van der Waals surface area contributed by atoms with E-state index in [1.807, 2.05) is 0 Å². The molecule has 0 aliphatic heterocycles. The standard InChI is InChI=1S/C13H16/c1-11-7-9-13(10-8-11)12-5-3-2-4-6-12/h2-3,5,7-9,13H,4,6,10H2,1H3. The average Bonchev–Trinajstić information content (AvgIpc) is 2.20. The lowest BCUT2D eigenvalue weighted by atomic mass is 9.86. The summed E-state index contributed by atoms with van der Waals surface area (Å²) in [6.45, 7) is 2.17. The summed E-state index contributed by atoms with van der Waals surface area (Å²) in [7, 11) is 0. The van der Waals surface area contributed by atoms with E-state index in [-0.39, 0.29) is 0 Å². The van der Waals surface area contributed by atoms with Crippen LogP contribution in [0.4, 0.5) is 0 Å². The first-order chi connectivity index (χ1) is 6.36. The number of allylic oxidation sites excluding steroid dienone is 8. The van der Waals surface area contributed by atoms with Crippen molar-refractivity contribution < 1.29 is 0 Å². The van der Waals surface area contributed by atoms with Gasteiger partial charge in [0, 0.05) is 5.92 Å². The van der Waals surface area contributed by atoms with Crippen molar-refractivity contribution in [2.75, 3.05) is 0 Å². The molecule has 2 rings (SSSR count). The number of rotatable bonds is 1. The van der Waals surface area contributed by atoms with Gasteiger partial charge in [-0.3, -0.25) is 0 Å². The van der Waals surface area contributed by atoms with Gasteiger partial charge in [-0.1, -0.05) is 47.6 Å². The van der Waals surface area contributed by atoms with Crippen LogP contribution in [-0.2, 0) is 0 Å². The van der Waals surface area contributed by atoms with Crippen LogP contribution < -0.4 is 0 Å². The molecule has 0 saturated carbocycles. The monoisotopic (exact) mass is 172 g/mol. The van der Waals surface area contributed by atoms with Crippen molar-refractivity contribution in [3.05, 3.63) is 47.6 Å². The topological polar surface area (TPSA) is 0 Å². The second-order valence-corrected chi connectivity index (χ2v) is 3.86. The minimum Gasteiger partial charge on any atom is -0.0842 e. The summed E-state index contributed by atoms with van der Waals surface area (Å²) in [4.78, 5) is 0. The second kappa shape index (κ2) is 3.78. The lowest BCUT2D eigenvalue weighted by molar-refractivity contribution is 0.707. The van der Waals surface area contributed by atoms with Crippen LogP contribution in [0, 0.1) is 5.92 Å². The first-order valence-corrected chi connectivity index (χ1v) is 5.07. The largest absolute Gasteiger partial charge is 0.0842 e. The maximum absolute atomic E-state index is 2.35. The Morgan fingerprint density at radius 3 is 2.92 bits per heavy atom. The van der Waals surface area contributed by atoms with Gasteiger partial charge in [-0.25, -0.2) is 0 Å². The number of hydrogen-bond acceptors (Lipinski definition) is 0. The summed E-state index contributed by atoms with van der Waals surface area (Å²) < 4.78 is 0. The van der Waals surface area contributed by atoms with Crippen LogP contribution in [0.1, 0.15) is 26.2 Å². The Hall–Kier alpha value is -1.04. The van der Waals surface area contributed by atoms with Crippen LogP contribution in [0.3, 0.4) is 0 Å². The summed E-state index contributed by atoms with van der Waals surface area (Å²) in [5, 5.41) is 0. The van der Waals surface area contributed by atoms with Gasteiger partial charge >= 0.3 is 0 Å². The minimum absolute atomic E-state index is 0.675. The van der Waals surface area contributed by atoms with E-state index in [2.05, 4.69) is 43.4 Å².